The van der Waals surface area contributed by atoms with Crippen LogP contribution in [0.1, 0.15) is 56.8 Å². The molecule has 1 aromatic rings. The SMILES string of the molecule is CCC[NH+](CCC)C[C@@H](O)CO[C@@H]1CCCc2ccccc21. The highest BCUT2D eigenvalue weighted by molar-refractivity contribution is 5.31. The second kappa shape index (κ2) is 9.29. The Kier molecular flexibility index (Phi) is 7.37. The van der Waals surface area contributed by atoms with Crippen LogP contribution in [0.25, 0.3) is 0 Å². The van der Waals surface area contributed by atoms with E-state index in [2.05, 4.69) is 38.1 Å². The van der Waals surface area contributed by atoms with E-state index in [1.54, 1.807) is 0 Å². The second-order valence-corrected chi connectivity index (χ2v) is 6.52. The van der Waals surface area contributed by atoms with E-state index >= 15 is 0 Å². The summed E-state index contributed by atoms with van der Waals surface area (Å²) in [5, 5.41) is 10.3. The fourth-order valence-electron chi connectivity index (χ4n) is 3.54. The number of fused-ring (bicyclic) bond motifs is 1. The summed E-state index contributed by atoms with van der Waals surface area (Å²) in [4.78, 5) is 1.49. The molecule has 2 rings (SSSR count). The summed E-state index contributed by atoms with van der Waals surface area (Å²) in [6.07, 6.45) is 5.55. The van der Waals surface area contributed by atoms with Gasteiger partial charge in [0.15, 0.2) is 0 Å². The second-order valence-electron chi connectivity index (χ2n) is 6.52. The third-order valence-electron chi connectivity index (χ3n) is 4.54. The number of nitrogens with one attached hydrogen (secondary N) is 1. The van der Waals surface area contributed by atoms with E-state index < -0.39 is 0 Å². The van der Waals surface area contributed by atoms with Crippen LogP contribution in [0.5, 0.6) is 0 Å². The monoisotopic (exact) mass is 306 g/mol. The first kappa shape index (κ1) is 17.5. The number of aryl methyl sites for hydroxylation is 1. The zero-order chi connectivity index (χ0) is 15.8. The lowest BCUT2D eigenvalue weighted by atomic mass is 9.89. The fourth-order valence-corrected chi connectivity index (χ4v) is 3.54. The van der Waals surface area contributed by atoms with Gasteiger partial charge in [0.2, 0.25) is 0 Å². The molecule has 1 aliphatic rings. The van der Waals surface area contributed by atoms with Crippen LogP contribution < -0.4 is 4.90 Å². The lowest BCUT2D eigenvalue weighted by molar-refractivity contribution is -0.903. The molecule has 0 bridgehead atoms. The van der Waals surface area contributed by atoms with Gasteiger partial charge >= 0.3 is 0 Å². The maximum absolute atomic E-state index is 10.3. The first-order chi connectivity index (χ1) is 10.7. The van der Waals surface area contributed by atoms with Gasteiger partial charge in [0.05, 0.1) is 25.8 Å². The number of rotatable bonds is 9. The van der Waals surface area contributed by atoms with Gasteiger partial charge in [0.1, 0.15) is 12.6 Å². The Morgan fingerprint density at radius 1 is 1.23 bits per heavy atom. The highest BCUT2D eigenvalue weighted by atomic mass is 16.5. The smallest absolute Gasteiger partial charge is 0.126 e. The molecule has 124 valence electrons. The van der Waals surface area contributed by atoms with Crippen molar-refractivity contribution in [3.8, 4) is 0 Å². The maximum Gasteiger partial charge on any atom is 0.126 e. The first-order valence-electron chi connectivity index (χ1n) is 8.95. The Bertz CT molecular complexity index is 429. The predicted octanol–water partition coefficient (Wildman–Crippen LogP) is 2.15. The molecule has 2 atom stereocenters. The van der Waals surface area contributed by atoms with Crippen molar-refractivity contribution in [3.05, 3.63) is 35.4 Å². The topological polar surface area (TPSA) is 33.9 Å². The molecule has 1 aliphatic carbocycles. The minimum atomic E-state index is -0.359. The third-order valence-corrected chi connectivity index (χ3v) is 4.54. The van der Waals surface area contributed by atoms with Gasteiger partial charge in [-0.3, -0.25) is 0 Å². The molecule has 0 spiro atoms. The van der Waals surface area contributed by atoms with Gasteiger partial charge in [0, 0.05) is 0 Å². The molecule has 0 heterocycles. The van der Waals surface area contributed by atoms with Crippen molar-refractivity contribution in [3.63, 3.8) is 0 Å². The lowest BCUT2D eigenvalue weighted by Crippen LogP contribution is -3.13. The average Bonchev–Trinajstić information content (AvgIpc) is 2.53. The standard InChI is InChI=1S/C19H31NO2/c1-3-12-20(13-4-2)14-17(21)15-22-19-11-7-9-16-8-5-6-10-18(16)19/h5-6,8,10,17,19,21H,3-4,7,9,11-15H2,1-2H3/p+1/t17-,19-/m1/s1. The Morgan fingerprint density at radius 2 is 1.95 bits per heavy atom. The van der Waals surface area contributed by atoms with Crippen LogP contribution in [-0.2, 0) is 11.2 Å². The zero-order valence-corrected chi connectivity index (χ0v) is 14.2. The number of hydrogen-bond donors (Lipinski definition) is 2. The Labute approximate surface area is 135 Å². The van der Waals surface area contributed by atoms with Crippen LogP contribution in [0.3, 0.4) is 0 Å². The molecule has 2 N–H and O–H groups in total. The molecular formula is C19H32NO2+. The summed E-state index contributed by atoms with van der Waals surface area (Å²) in [5.41, 5.74) is 2.74. The van der Waals surface area contributed by atoms with Crippen molar-refractivity contribution in [1.82, 2.24) is 0 Å². The lowest BCUT2D eigenvalue weighted by Gasteiger charge is -2.27. The summed E-state index contributed by atoms with van der Waals surface area (Å²) in [6, 6.07) is 8.57. The van der Waals surface area contributed by atoms with E-state index in [-0.39, 0.29) is 12.2 Å². The van der Waals surface area contributed by atoms with Crippen LogP contribution in [0, 0.1) is 0 Å². The average molecular weight is 306 g/mol. The number of benzene rings is 1. The third kappa shape index (κ3) is 5.08. The normalized spacial score (nSPS) is 19.2. The molecule has 0 radical (unpaired) electrons. The van der Waals surface area contributed by atoms with Crippen LogP contribution in [-0.4, -0.2) is 37.5 Å². The molecule has 0 amide bonds. The van der Waals surface area contributed by atoms with E-state index in [0.29, 0.717) is 6.61 Å². The fraction of sp³-hybridized carbons (Fsp3) is 0.684. The van der Waals surface area contributed by atoms with Gasteiger partial charge < -0.3 is 14.7 Å². The van der Waals surface area contributed by atoms with Crippen LogP contribution >= 0.6 is 0 Å². The van der Waals surface area contributed by atoms with Gasteiger partial charge in [0.25, 0.3) is 0 Å². The number of ether oxygens (including phenoxy) is 1. The Balaban J connectivity index is 1.82. The zero-order valence-electron chi connectivity index (χ0n) is 14.2. The number of quaternary nitrogens is 1. The maximum atomic E-state index is 10.3. The van der Waals surface area contributed by atoms with E-state index in [0.717, 1.165) is 32.5 Å². The number of aliphatic hydroxyl groups excluding tert-OH is 1. The van der Waals surface area contributed by atoms with Crippen molar-refractivity contribution in [2.24, 2.45) is 0 Å². The van der Waals surface area contributed by atoms with Gasteiger partial charge in [-0.05, 0) is 43.2 Å². The highest BCUT2D eigenvalue weighted by Crippen LogP contribution is 2.32. The molecule has 0 saturated heterocycles. The molecule has 0 fully saturated rings. The van der Waals surface area contributed by atoms with E-state index in [1.807, 2.05) is 0 Å². The number of aliphatic hydroxyl groups is 1. The first-order valence-corrected chi connectivity index (χ1v) is 8.95. The van der Waals surface area contributed by atoms with Crippen molar-refractivity contribution >= 4 is 0 Å². The van der Waals surface area contributed by atoms with Gasteiger partial charge in [-0.2, -0.15) is 0 Å². The Hall–Kier alpha value is -0.900. The molecule has 3 nitrogen and oxygen atoms in total. The summed E-state index contributed by atoms with van der Waals surface area (Å²) in [7, 11) is 0. The molecule has 1 aromatic carbocycles. The molecule has 0 aliphatic heterocycles. The largest absolute Gasteiger partial charge is 0.385 e. The molecule has 0 saturated carbocycles. The van der Waals surface area contributed by atoms with Gasteiger partial charge in [-0.25, -0.2) is 0 Å². The predicted molar refractivity (Wildman–Crippen MR) is 90.2 cm³/mol. The summed E-state index contributed by atoms with van der Waals surface area (Å²) < 4.78 is 6.07. The minimum Gasteiger partial charge on any atom is -0.385 e. The molecule has 22 heavy (non-hydrogen) atoms. The van der Waals surface area contributed by atoms with Crippen molar-refractivity contribution < 1.29 is 14.7 Å². The molecule has 0 aromatic heterocycles. The summed E-state index contributed by atoms with van der Waals surface area (Å²) in [6.45, 7) is 7.94. The summed E-state index contributed by atoms with van der Waals surface area (Å²) >= 11 is 0. The van der Waals surface area contributed by atoms with Crippen LogP contribution in [0.4, 0.5) is 0 Å². The molecular weight excluding hydrogens is 274 g/mol. The van der Waals surface area contributed by atoms with Crippen LogP contribution in [0.15, 0.2) is 24.3 Å². The highest BCUT2D eigenvalue weighted by Gasteiger charge is 2.22. The van der Waals surface area contributed by atoms with E-state index in [9.17, 15) is 5.11 Å². The van der Waals surface area contributed by atoms with Crippen molar-refractivity contribution in [1.29, 1.82) is 0 Å². The van der Waals surface area contributed by atoms with Gasteiger partial charge in [-0.1, -0.05) is 38.1 Å². The minimum absolute atomic E-state index is 0.167. The Morgan fingerprint density at radius 3 is 2.68 bits per heavy atom. The molecule has 0 unspecified atom stereocenters. The number of hydrogen-bond acceptors (Lipinski definition) is 2. The van der Waals surface area contributed by atoms with Gasteiger partial charge in [-0.15, -0.1) is 0 Å². The summed E-state index contributed by atoms with van der Waals surface area (Å²) in [5.74, 6) is 0. The quantitative estimate of drug-likeness (QED) is 0.733. The van der Waals surface area contributed by atoms with Crippen molar-refractivity contribution in [2.45, 2.75) is 58.2 Å². The van der Waals surface area contributed by atoms with Crippen LogP contribution in [0.2, 0.25) is 0 Å². The van der Waals surface area contributed by atoms with E-state index in [1.165, 1.54) is 35.3 Å². The van der Waals surface area contributed by atoms with Crippen molar-refractivity contribution in [2.75, 3.05) is 26.2 Å². The van der Waals surface area contributed by atoms with E-state index in [4.69, 9.17) is 4.74 Å². The molecule has 3 heteroatoms.